The first-order valence-corrected chi connectivity index (χ1v) is 15.4. The molecule has 4 aromatic rings. The van der Waals surface area contributed by atoms with Crippen LogP contribution in [0.3, 0.4) is 0 Å². The van der Waals surface area contributed by atoms with Gasteiger partial charge in [-0.2, -0.15) is 10.2 Å². The maximum atomic E-state index is 11.9. The number of piperidine rings is 1. The molecule has 5 heterocycles. The van der Waals surface area contributed by atoms with E-state index in [4.69, 9.17) is 15.7 Å². The Kier molecular flexibility index (Phi) is 8.05. The molecule has 2 unspecified atom stereocenters. The quantitative estimate of drug-likeness (QED) is 0.314. The number of likely N-dealkylation sites (tertiary alicyclic amines) is 1. The van der Waals surface area contributed by atoms with Crippen LogP contribution in [-0.2, 0) is 6.42 Å². The van der Waals surface area contributed by atoms with Gasteiger partial charge in [-0.05, 0) is 85.7 Å². The molecular formula is C31H37N7O2S. The van der Waals surface area contributed by atoms with Crippen LogP contribution in [0.25, 0.3) is 21.6 Å². The Morgan fingerprint density at radius 3 is 2.66 bits per heavy atom. The summed E-state index contributed by atoms with van der Waals surface area (Å²) in [7, 11) is 0. The molecule has 41 heavy (non-hydrogen) atoms. The monoisotopic (exact) mass is 571 g/mol. The van der Waals surface area contributed by atoms with Gasteiger partial charge < -0.3 is 15.7 Å². The van der Waals surface area contributed by atoms with Crippen LogP contribution >= 0.6 is 11.3 Å². The predicted octanol–water partition coefficient (Wildman–Crippen LogP) is 4.57. The highest BCUT2D eigenvalue weighted by Gasteiger charge is 2.36. The molecule has 4 aromatic heterocycles. The summed E-state index contributed by atoms with van der Waals surface area (Å²) in [6.07, 6.45) is 9.89. The molecule has 0 bridgehead atoms. The molecule has 214 valence electrons. The number of carbonyl (C=O) groups excluding carboxylic acids is 1. The number of thiazole rings is 1. The van der Waals surface area contributed by atoms with Gasteiger partial charge in [-0.3, -0.25) is 9.78 Å². The van der Waals surface area contributed by atoms with Crippen molar-refractivity contribution in [2.24, 2.45) is 17.6 Å². The van der Waals surface area contributed by atoms with Gasteiger partial charge in [0.2, 0.25) is 0 Å². The molecule has 0 saturated carbocycles. The highest BCUT2D eigenvalue weighted by molar-refractivity contribution is 7.19. The molecule has 0 aromatic carbocycles. The van der Waals surface area contributed by atoms with Crippen molar-refractivity contribution in [1.82, 2.24) is 30.0 Å². The fourth-order valence-electron chi connectivity index (χ4n) is 6.48. The van der Waals surface area contributed by atoms with Crippen LogP contribution in [0, 0.1) is 11.8 Å². The molecule has 9 nitrogen and oxygen atoms in total. The number of rotatable bonds is 8. The van der Waals surface area contributed by atoms with E-state index in [2.05, 4.69) is 52.1 Å². The van der Waals surface area contributed by atoms with Crippen LogP contribution in [-0.4, -0.2) is 66.8 Å². The molecule has 1 aliphatic heterocycles. The summed E-state index contributed by atoms with van der Waals surface area (Å²) in [5, 5.41) is 18.2. The van der Waals surface area contributed by atoms with Crippen molar-refractivity contribution in [3.63, 3.8) is 0 Å². The maximum Gasteiger partial charge on any atom is 0.277 e. The lowest BCUT2D eigenvalue weighted by atomic mass is 9.68. The number of primary amides is 1. The van der Waals surface area contributed by atoms with Crippen molar-refractivity contribution in [2.75, 3.05) is 19.6 Å². The zero-order valence-corrected chi connectivity index (χ0v) is 24.4. The van der Waals surface area contributed by atoms with Crippen LogP contribution in [0.1, 0.15) is 78.0 Å². The highest BCUT2D eigenvalue weighted by atomic mass is 32.1. The molecule has 6 rings (SSSR count). The summed E-state index contributed by atoms with van der Waals surface area (Å²) >= 11 is 1.28. The second-order valence-corrected chi connectivity index (χ2v) is 12.8. The van der Waals surface area contributed by atoms with Gasteiger partial charge in [-0.25, -0.2) is 9.97 Å². The summed E-state index contributed by atoms with van der Waals surface area (Å²) in [6.45, 7) is 7.41. The topological polar surface area (TPSA) is 131 Å². The molecule has 0 radical (unpaired) electrons. The summed E-state index contributed by atoms with van der Waals surface area (Å²) in [5.41, 5.74) is 11.7. The molecule has 1 saturated heterocycles. The Labute approximate surface area is 244 Å². The SMILES string of the molecule is CC(C)C1Cc2cc3nc(C(N)=O)sc3nc2C([C@@H](CCN2CCC(O)CC2)c2ccc(-c3ccnnc3)nc2)C1. The van der Waals surface area contributed by atoms with Crippen molar-refractivity contribution in [1.29, 1.82) is 0 Å². The Morgan fingerprint density at radius 1 is 1.15 bits per heavy atom. The van der Waals surface area contributed by atoms with E-state index in [0.29, 0.717) is 16.8 Å². The fourth-order valence-corrected chi connectivity index (χ4v) is 7.26. The lowest BCUT2D eigenvalue weighted by Gasteiger charge is -2.38. The smallest absolute Gasteiger partial charge is 0.277 e. The predicted molar refractivity (Wildman–Crippen MR) is 160 cm³/mol. The number of aliphatic hydroxyl groups is 1. The number of aliphatic hydroxyl groups excluding tert-OH is 1. The van der Waals surface area contributed by atoms with Gasteiger partial charge in [0.1, 0.15) is 10.3 Å². The molecular weight excluding hydrogens is 534 g/mol. The van der Waals surface area contributed by atoms with Gasteiger partial charge in [0.15, 0.2) is 5.01 Å². The van der Waals surface area contributed by atoms with E-state index in [0.717, 1.165) is 79.0 Å². The molecule has 2 aliphatic rings. The first-order chi connectivity index (χ1) is 19.9. The van der Waals surface area contributed by atoms with Crippen LogP contribution < -0.4 is 5.73 Å². The minimum absolute atomic E-state index is 0.185. The van der Waals surface area contributed by atoms with Crippen LogP contribution in [0.2, 0.25) is 0 Å². The first-order valence-electron chi connectivity index (χ1n) is 14.6. The van der Waals surface area contributed by atoms with E-state index in [1.807, 2.05) is 12.3 Å². The summed E-state index contributed by atoms with van der Waals surface area (Å²) in [6, 6.07) is 8.36. The number of hydrogen-bond acceptors (Lipinski definition) is 9. The fraction of sp³-hybridized carbons (Fsp3) is 0.484. The molecule has 1 amide bonds. The van der Waals surface area contributed by atoms with E-state index < -0.39 is 5.91 Å². The summed E-state index contributed by atoms with van der Waals surface area (Å²) in [4.78, 5) is 29.7. The van der Waals surface area contributed by atoms with Gasteiger partial charge in [0.05, 0.1) is 24.2 Å². The van der Waals surface area contributed by atoms with E-state index in [-0.39, 0.29) is 17.9 Å². The second-order valence-electron chi connectivity index (χ2n) is 11.9. The molecule has 1 aliphatic carbocycles. The highest BCUT2D eigenvalue weighted by Crippen LogP contribution is 2.47. The van der Waals surface area contributed by atoms with Crippen molar-refractivity contribution < 1.29 is 9.90 Å². The zero-order chi connectivity index (χ0) is 28.5. The third-order valence-electron chi connectivity index (χ3n) is 8.93. The molecule has 0 spiro atoms. The average Bonchev–Trinajstić information content (AvgIpc) is 3.41. The van der Waals surface area contributed by atoms with Crippen LogP contribution in [0.4, 0.5) is 0 Å². The largest absolute Gasteiger partial charge is 0.393 e. The molecule has 10 heteroatoms. The first kappa shape index (κ1) is 27.8. The maximum absolute atomic E-state index is 11.9. The van der Waals surface area contributed by atoms with Crippen molar-refractivity contribution in [3.05, 3.63) is 64.7 Å². The van der Waals surface area contributed by atoms with Crippen molar-refractivity contribution in [2.45, 2.75) is 63.9 Å². The van der Waals surface area contributed by atoms with Crippen LogP contribution in [0.15, 0.2) is 42.9 Å². The molecule has 1 fully saturated rings. The third-order valence-corrected chi connectivity index (χ3v) is 9.91. The van der Waals surface area contributed by atoms with Gasteiger partial charge in [-0.1, -0.05) is 31.3 Å². The minimum Gasteiger partial charge on any atom is -0.393 e. The Morgan fingerprint density at radius 2 is 1.98 bits per heavy atom. The number of carbonyl (C=O) groups is 1. The number of hydrogen-bond donors (Lipinski definition) is 2. The van der Waals surface area contributed by atoms with E-state index in [1.54, 1.807) is 12.4 Å². The van der Waals surface area contributed by atoms with Gasteiger partial charge in [0.25, 0.3) is 5.91 Å². The lowest BCUT2D eigenvalue weighted by molar-refractivity contribution is 0.0803. The Bertz CT molecular complexity index is 1500. The Hall–Kier alpha value is -3.34. The van der Waals surface area contributed by atoms with Gasteiger partial charge in [0, 0.05) is 36.5 Å². The molecule has 3 atom stereocenters. The van der Waals surface area contributed by atoms with E-state index in [9.17, 15) is 9.90 Å². The number of fused-ring (bicyclic) bond motifs is 2. The van der Waals surface area contributed by atoms with Crippen molar-refractivity contribution in [3.8, 4) is 11.3 Å². The number of pyridine rings is 2. The average molecular weight is 572 g/mol. The lowest BCUT2D eigenvalue weighted by Crippen LogP contribution is -2.37. The zero-order valence-electron chi connectivity index (χ0n) is 23.6. The van der Waals surface area contributed by atoms with E-state index >= 15 is 0 Å². The number of aromatic nitrogens is 5. The van der Waals surface area contributed by atoms with E-state index in [1.165, 1.54) is 22.5 Å². The second kappa shape index (κ2) is 11.9. The molecule has 3 N–H and O–H groups in total. The minimum atomic E-state index is -0.511. The standard InChI is InChI=1S/C31H37N7O2S/c1-18(2)21-13-22-15-27-30(41-31(36-27)29(32)40)37-28(22)25(14-21)24(8-12-38-10-6-23(39)7-11-38)19-3-4-26(33-16-19)20-5-9-34-35-17-20/h3-5,9,15-18,21,23-25,39H,6-8,10-14H2,1-2H3,(H2,32,40)/t21?,24-,25?/m0/s1. The Balaban J connectivity index is 1.39. The summed E-state index contributed by atoms with van der Waals surface area (Å²) < 4.78 is 0. The van der Waals surface area contributed by atoms with Crippen LogP contribution in [0.5, 0.6) is 0 Å². The third kappa shape index (κ3) is 6.00. The number of nitrogens with zero attached hydrogens (tertiary/aromatic N) is 6. The normalized spacial score (nSPS) is 20.8. The number of amides is 1. The van der Waals surface area contributed by atoms with Gasteiger partial charge >= 0.3 is 0 Å². The summed E-state index contributed by atoms with van der Waals surface area (Å²) in [5.74, 6) is 0.960. The van der Waals surface area contributed by atoms with Crippen molar-refractivity contribution >= 4 is 27.6 Å². The number of nitrogens with two attached hydrogens (primary N) is 1. The van der Waals surface area contributed by atoms with Gasteiger partial charge in [-0.15, -0.1) is 0 Å².